The van der Waals surface area contributed by atoms with Gasteiger partial charge in [-0.05, 0) is 25.1 Å². The molecular weight excluding hydrogens is 260 g/mol. The maximum Gasteiger partial charge on any atom is 0.130 e. The molecule has 0 aliphatic rings. The number of hydrogen-bond donors (Lipinski definition) is 1. The number of nitrogens with one attached hydrogen (secondary N) is 1. The van der Waals surface area contributed by atoms with E-state index in [4.69, 9.17) is 4.98 Å². The number of aromatic nitrogens is 3. The molecule has 0 unspecified atom stereocenters. The van der Waals surface area contributed by atoms with Crippen molar-refractivity contribution in [1.29, 1.82) is 0 Å². The normalized spacial score (nSPS) is 11.0. The minimum Gasteiger partial charge on any atom is -0.370 e. The summed E-state index contributed by atoms with van der Waals surface area (Å²) >= 11 is 0. The van der Waals surface area contributed by atoms with Gasteiger partial charge in [-0.15, -0.1) is 0 Å². The molecule has 1 aromatic carbocycles. The largest absolute Gasteiger partial charge is 0.370 e. The molecule has 2 heterocycles. The van der Waals surface area contributed by atoms with Gasteiger partial charge in [0.1, 0.15) is 11.6 Å². The van der Waals surface area contributed by atoms with Crippen molar-refractivity contribution in [3.8, 4) is 0 Å². The molecule has 0 saturated carbocycles. The molecule has 108 valence electrons. The van der Waals surface area contributed by atoms with Crippen LogP contribution in [0.25, 0.3) is 11.0 Å². The van der Waals surface area contributed by atoms with Gasteiger partial charge in [-0.25, -0.2) is 9.97 Å². The van der Waals surface area contributed by atoms with E-state index in [1.165, 1.54) is 11.1 Å². The Hall–Kier alpha value is -2.36. The third kappa shape index (κ3) is 2.61. The lowest BCUT2D eigenvalue weighted by Crippen LogP contribution is -2.09. The van der Waals surface area contributed by atoms with Crippen LogP contribution in [0, 0.1) is 0 Å². The van der Waals surface area contributed by atoms with Crippen molar-refractivity contribution < 1.29 is 0 Å². The van der Waals surface area contributed by atoms with E-state index in [-0.39, 0.29) is 0 Å². The molecule has 0 saturated heterocycles. The highest BCUT2D eigenvalue weighted by molar-refractivity contribution is 5.76. The monoisotopic (exact) mass is 280 g/mol. The van der Waals surface area contributed by atoms with E-state index in [1.807, 2.05) is 18.3 Å². The summed E-state index contributed by atoms with van der Waals surface area (Å²) in [6.45, 7) is 5.89. The van der Waals surface area contributed by atoms with Crippen LogP contribution in [0.1, 0.15) is 25.2 Å². The van der Waals surface area contributed by atoms with Crippen LogP contribution in [-0.4, -0.2) is 21.1 Å². The molecule has 0 aliphatic heterocycles. The predicted molar refractivity (Wildman–Crippen MR) is 86.6 cm³/mol. The maximum absolute atomic E-state index is 4.73. The van der Waals surface area contributed by atoms with Crippen LogP contribution in [-0.2, 0) is 13.0 Å². The average molecular weight is 280 g/mol. The standard InChI is InChI=1S/C17H20N4/c1-3-16-20-14-9-5-6-10-15(14)21(16)12-13-8-7-11-19-17(13)18-4-2/h5-11H,3-4,12H2,1-2H3,(H,18,19). The summed E-state index contributed by atoms with van der Waals surface area (Å²) in [6, 6.07) is 12.4. The molecule has 0 aliphatic carbocycles. The SMILES string of the molecule is CCNc1ncccc1Cn1c(CC)nc2ccccc21. The molecule has 0 bridgehead atoms. The number of rotatable bonds is 5. The summed E-state index contributed by atoms with van der Waals surface area (Å²) in [5.74, 6) is 2.07. The zero-order chi connectivity index (χ0) is 14.7. The van der Waals surface area contributed by atoms with E-state index in [2.05, 4.69) is 53.0 Å². The quantitative estimate of drug-likeness (QED) is 0.778. The van der Waals surface area contributed by atoms with Gasteiger partial charge in [-0.2, -0.15) is 0 Å². The molecule has 21 heavy (non-hydrogen) atoms. The fraction of sp³-hybridized carbons (Fsp3) is 0.294. The maximum atomic E-state index is 4.73. The van der Waals surface area contributed by atoms with Crippen LogP contribution in [0.4, 0.5) is 5.82 Å². The first-order chi connectivity index (χ1) is 10.3. The topological polar surface area (TPSA) is 42.7 Å². The summed E-state index contributed by atoms with van der Waals surface area (Å²) in [5, 5.41) is 3.33. The third-order valence-electron chi connectivity index (χ3n) is 3.61. The van der Waals surface area contributed by atoms with Gasteiger partial charge in [-0.3, -0.25) is 0 Å². The Labute approximate surface area is 124 Å². The van der Waals surface area contributed by atoms with Gasteiger partial charge in [0.15, 0.2) is 0 Å². The van der Waals surface area contributed by atoms with Crippen molar-refractivity contribution in [1.82, 2.24) is 14.5 Å². The molecule has 0 radical (unpaired) electrons. The lowest BCUT2D eigenvalue weighted by atomic mass is 10.2. The second kappa shape index (κ2) is 5.95. The second-order valence-corrected chi connectivity index (χ2v) is 5.00. The molecule has 4 nitrogen and oxygen atoms in total. The molecule has 3 aromatic rings. The van der Waals surface area contributed by atoms with Crippen molar-refractivity contribution in [2.24, 2.45) is 0 Å². The van der Waals surface area contributed by atoms with Crippen LogP contribution >= 0.6 is 0 Å². The molecule has 2 aromatic heterocycles. The number of imidazole rings is 1. The highest BCUT2D eigenvalue weighted by Gasteiger charge is 2.11. The molecule has 1 N–H and O–H groups in total. The smallest absolute Gasteiger partial charge is 0.130 e. The van der Waals surface area contributed by atoms with Gasteiger partial charge < -0.3 is 9.88 Å². The molecule has 0 fully saturated rings. The van der Waals surface area contributed by atoms with Crippen LogP contribution in [0.3, 0.4) is 0 Å². The number of nitrogens with zero attached hydrogens (tertiary/aromatic N) is 3. The molecule has 4 heteroatoms. The third-order valence-corrected chi connectivity index (χ3v) is 3.61. The first kappa shape index (κ1) is 13.6. The Kier molecular flexibility index (Phi) is 3.86. The summed E-state index contributed by atoms with van der Waals surface area (Å²) in [7, 11) is 0. The van der Waals surface area contributed by atoms with Gasteiger partial charge in [0.05, 0.1) is 17.6 Å². The predicted octanol–water partition coefficient (Wildman–Crippen LogP) is 3.47. The Morgan fingerprint density at radius 1 is 1.10 bits per heavy atom. The average Bonchev–Trinajstić information content (AvgIpc) is 2.87. The van der Waals surface area contributed by atoms with Crippen LogP contribution < -0.4 is 5.32 Å². The molecule has 0 amide bonds. The first-order valence-corrected chi connectivity index (χ1v) is 7.45. The lowest BCUT2D eigenvalue weighted by Gasteiger charge is -2.12. The summed E-state index contributed by atoms with van der Waals surface area (Å²) in [4.78, 5) is 9.16. The molecule has 0 atom stereocenters. The number of para-hydroxylation sites is 2. The van der Waals surface area contributed by atoms with E-state index in [9.17, 15) is 0 Å². The van der Waals surface area contributed by atoms with Crippen molar-refractivity contribution in [2.45, 2.75) is 26.8 Å². The van der Waals surface area contributed by atoms with Crippen LogP contribution in [0.5, 0.6) is 0 Å². The van der Waals surface area contributed by atoms with Crippen molar-refractivity contribution >= 4 is 16.9 Å². The molecule has 0 spiro atoms. The first-order valence-electron chi connectivity index (χ1n) is 7.45. The number of fused-ring (bicyclic) bond motifs is 1. The summed E-state index contributed by atoms with van der Waals surface area (Å²) < 4.78 is 2.28. The van der Waals surface area contributed by atoms with Gasteiger partial charge in [0, 0.05) is 24.7 Å². The van der Waals surface area contributed by atoms with Crippen molar-refractivity contribution in [3.05, 3.63) is 54.0 Å². The van der Waals surface area contributed by atoms with Gasteiger partial charge >= 0.3 is 0 Å². The minimum atomic E-state index is 0.792. The van der Waals surface area contributed by atoms with E-state index >= 15 is 0 Å². The van der Waals surface area contributed by atoms with Crippen LogP contribution in [0.15, 0.2) is 42.6 Å². The number of pyridine rings is 1. The number of benzene rings is 1. The number of hydrogen-bond acceptors (Lipinski definition) is 3. The summed E-state index contributed by atoms with van der Waals surface area (Å²) in [5.41, 5.74) is 3.43. The van der Waals surface area contributed by atoms with Gasteiger partial charge in [0.2, 0.25) is 0 Å². The lowest BCUT2D eigenvalue weighted by molar-refractivity contribution is 0.751. The fourth-order valence-electron chi connectivity index (χ4n) is 2.63. The minimum absolute atomic E-state index is 0.792. The molecule has 3 rings (SSSR count). The highest BCUT2D eigenvalue weighted by atomic mass is 15.1. The second-order valence-electron chi connectivity index (χ2n) is 5.00. The Morgan fingerprint density at radius 3 is 2.76 bits per heavy atom. The van der Waals surface area contributed by atoms with E-state index in [0.29, 0.717) is 0 Å². The number of anilines is 1. The molecular formula is C17H20N4. The van der Waals surface area contributed by atoms with Gasteiger partial charge in [-0.1, -0.05) is 25.1 Å². The Morgan fingerprint density at radius 2 is 1.95 bits per heavy atom. The number of aryl methyl sites for hydroxylation is 1. The fourth-order valence-corrected chi connectivity index (χ4v) is 2.63. The van der Waals surface area contributed by atoms with E-state index in [0.717, 1.165) is 36.7 Å². The highest BCUT2D eigenvalue weighted by Crippen LogP contribution is 2.20. The van der Waals surface area contributed by atoms with E-state index < -0.39 is 0 Å². The van der Waals surface area contributed by atoms with E-state index in [1.54, 1.807) is 0 Å². The van der Waals surface area contributed by atoms with Crippen molar-refractivity contribution in [3.63, 3.8) is 0 Å². The van der Waals surface area contributed by atoms with Crippen LogP contribution in [0.2, 0.25) is 0 Å². The van der Waals surface area contributed by atoms with Crippen molar-refractivity contribution in [2.75, 3.05) is 11.9 Å². The zero-order valence-corrected chi connectivity index (χ0v) is 12.5. The summed E-state index contributed by atoms with van der Waals surface area (Å²) in [6.07, 6.45) is 2.75. The Bertz CT molecular complexity index is 745. The Balaban J connectivity index is 2.05. The zero-order valence-electron chi connectivity index (χ0n) is 12.5. The van der Waals surface area contributed by atoms with Gasteiger partial charge in [0.25, 0.3) is 0 Å².